The lowest BCUT2D eigenvalue weighted by Crippen LogP contribution is -2.63. The van der Waals surface area contributed by atoms with Gasteiger partial charge in [-0.15, -0.1) is 0 Å². The van der Waals surface area contributed by atoms with E-state index in [9.17, 15) is 45.6 Å². The third kappa shape index (κ3) is 5.65. The second-order valence-corrected chi connectivity index (χ2v) is 21.3. The summed E-state index contributed by atoms with van der Waals surface area (Å²) < 4.78 is 19.7. The van der Waals surface area contributed by atoms with Gasteiger partial charge in [-0.1, -0.05) is 27.7 Å². The van der Waals surface area contributed by atoms with Crippen LogP contribution >= 0.6 is 0 Å². The van der Waals surface area contributed by atoms with Gasteiger partial charge in [0.25, 0.3) is 0 Å². The van der Waals surface area contributed by atoms with Gasteiger partial charge in [-0.3, -0.25) is 0 Å². The van der Waals surface area contributed by atoms with Crippen LogP contribution in [0.15, 0.2) is 0 Å². The van der Waals surface area contributed by atoms with Crippen molar-refractivity contribution in [3.63, 3.8) is 0 Å². The van der Waals surface area contributed by atoms with Crippen molar-refractivity contribution in [2.75, 3.05) is 19.8 Å². The van der Waals surface area contributed by atoms with E-state index in [1.54, 1.807) is 13.8 Å². The molecule has 7 aliphatic rings. The molecule has 0 bridgehead atoms. The van der Waals surface area contributed by atoms with Crippen LogP contribution in [0.1, 0.15) is 119 Å². The van der Waals surface area contributed by atoms with Crippen molar-refractivity contribution in [2.24, 2.45) is 56.2 Å². The second-order valence-electron chi connectivity index (χ2n) is 21.3. The molecule has 2 saturated heterocycles. The highest BCUT2D eigenvalue weighted by atomic mass is 16.7. The van der Waals surface area contributed by atoms with Gasteiger partial charge >= 0.3 is 0 Å². The molecule has 2 spiro atoms. The second kappa shape index (κ2) is 13.4. The molecule has 7 rings (SSSR count). The molecule has 310 valence electrons. The third-order valence-electron chi connectivity index (χ3n) is 17.9. The number of aliphatic hydroxyl groups is 8. The molecule has 17 unspecified atom stereocenters. The number of carbonyl (C=O) groups excluding carboxylic acids is 1. The maximum Gasteiger partial charge on any atom is 0.163 e. The van der Waals surface area contributed by atoms with Gasteiger partial charge in [0.2, 0.25) is 0 Å². The van der Waals surface area contributed by atoms with Crippen molar-refractivity contribution >= 4 is 6.29 Å². The van der Waals surface area contributed by atoms with Gasteiger partial charge in [-0.25, -0.2) is 0 Å². The first-order chi connectivity index (χ1) is 25.1. The van der Waals surface area contributed by atoms with E-state index in [1.807, 2.05) is 0 Å². The minimum absolute atomic E-state index is 0.0257. The minimum Gasteiger partial charge on any atom is -0.396 e. The van der Waals surface area contributed by atoms with Crippen LogP contribution in [0.25, 0.3) is 0 Å². The van der Waals surface area contributed by atoms with Crippen molar-refractivity contribution in [3.05, 3.63) is 0 Å². The summed E-state index contributed by atoms with van der Waals surface area (Å²) in [5, 5.41) is 88.0. The van der Waals surface area contributed by atoms with Crippen LogP contribution in [-0.4, -0.2) is 127 Å². The van der Waals surface area contributed by atoms with Crippen molar-refractivity contribution in [3.8, 4) is 0 Å². The van der Waals surface area contributed by atoms with E-state index in [0.717, 1.165) is 38.5 Å². The van der Waals surface area contributed by atoms with Gasteiger partial charge in [-0.2, -0.15) is 0 Å². The van der Waals surface area contributed by atoms with Gasteiger partial charge in [0.15, 0.2) is 6.29 Å². The Morgan fingerprint density at radius 2 is 1.52 bits per heavy atom. The number of rotatable bonds is 11. The summed E-state index contributed by atoms with van der Waals surface area (Å²) in [6, 6.07) is 0. The molecule has 54 heavy (non-hydrogen) atoms. The first-order valence-corrected chi connectivity index (χ1v) is 20.8. The molecule has 0 aromatic rings. The summed E-state index contributed by atoms with van der Waals surface area (Å²) in [5.41, 5.74) is -3.86. The van der Waals surface area contributed by atoms with Crippen LogP contribution in [0.5, 0.6) is 0 Å². The molecule has 2 aliphatic heterocycles. The summed E-state index contributed by atoms with van der Waals surface area (Å²) in [6.07, 6.45) is 0.780. The summed E-state index contributed by atoms with van der Waals surface area (Å²) in [6.45, 7) is 13.2. The Bertz CT molecular complexity index is 1410. The number of fused-ring (bicyclic) bond motifs is 2. The summed E-state index contributed by atoms with van der Waals surface area (Å²) in [5.74, 6) is -0.877. The molecule has 5 saturated carbocycles. The average molecular weight is 767 g/mol. The Labute approximate surface area is 321 Å². The molecule has 0 amide bonds. The predicted molar refractivity (Wildman–Crippen MR) is 196 cm³/mol. The average Bonchev–Trinajstić information content (AvgIpc) is 3.45. The van der Waals surface area contributed by atoms with Gasteiger partial charge in [0.05, 0.1) is 61.5 Å². The number of hydrogen-bond donors (Lipinski definition) is 8. The molecule has 0 radical (unpaired) electrons. The zero-order valence-electron chi connectivity index (χ0n) is 33.6. The van der Waals surface area contributed by atoms with Gasteiger partial charge in [0.1, 0.15) is 18.5 Å². The molecule has 2 heterocycles. The summed E-state index contributed by atoms with van der Waals surface area (Å²) >= 11 is 0. The lowest BCUT2D eigenvalue weighted by Gasteiger charge is -2.65. The van der Waals surface area contributed by atoms with E-state index >= 15 is 0 Å². The Morgan fingerprint density at radius 1 is 0.833 bits per heavy atom. The van der Waals surface area contributed by atoms with E-state index in [0.29, 0.717) is 25.5 Å². The molecule has 0 aromatic carbocycles. The standard InChI is InChI=1S/C42H70O12/c1-35(2)28(53-34-23(17-40(21-45,22-46)14-15-43)30(49)31(50)26(19-44)52-34)9-11-42-20-41(42)13-12-37(5)33(39(7)10-8-29(54-39)36(3,4)51)25(48)18-38(37,6)27(41)16-24(47)32(35)42/h15,23-34,44-51H,8-14,16-22H2,1-7H3. The lowest BCUT2D eigenvalue weighted by molar-refractivity contribution is -0.322. The highest BCUT2D eigenvalue weighted by Gasteiger charge is 2.85. The zero-order valence-corrected chi connectivity index (χ0v) is 33.6. The van der Waals surface area contributed by atoms with Crippen LogP contribution in [0.2, 0.25) is 0 Å². The van der Waals surface area contributed by atoms with Crippen LogP contribution in [0.3, 0.4) is 0 Å². The number of aldehydes is 1. The Morgan fingerprint density at radius 3 is 2.11 bits per heavy atom. The molecule has 7 fully saturated rings. The first kappa shape index (κ1) is 41.4. The van der Waals surface area contributed by atoms with E-state index in [4.69, 9.17) is 14.2 Å². The fourth-order valence-corrected chi connectivity index (χ4v) is 15.1. The number of carbonyl (C=O) groups is 1. The fraction of sp³-hybridized carbons (Fsp3) is 0.976. The minimum atomic E-state index is -1.44. The summed E-state index contributed by atoms with van der Waals surface area (Å²) in [7, 11) is 0. The van der Waals surface area contributed by atoms with Gasteiger partial charge in [-0.05, 0) is 124 Å². The van der Waals surface area contributed by atoms with Crippen LogP contribution in [-0.2, 0) is 19.0 Å². The van der Waals surface area contributed by atoms with Crippen molar-refractivity contribution in [1.82, 2.24) is 0 Å². The normalized spacial score (nSPS) is 52.6. The smallest absolute Gasteiger partial charge is 0.163 e. The molecular weight excluding hydrogens is 696 g/mol. The first-order valence-electron chi connectivity index (χ1n) is 20.8. The molecule has 12 heteroatoms. The highest BCUT2D eigenvalue weighted by molar-refractivity contribution is 5.51. The quantitative estimate of drug-likeness (QED) is 0.113. The maximum atomic E-state index is 12.4. The Balaban J connectivity index is 1.15. The maximum absolute atomic E-state index is 12.4. The summed E-state index contributed by atoms with van der Waals surface area (Å²) in [4.78, 5) is 11.6. The van der Waals surface area contributed by atoms with Gasteiger partial charge in [0, 0.05) is 23.7 Å². The van der Waals surface area contributed by atoms with Crippen molar-refractivity contribution in [2.45, 2.75) is 179 Å². The van der Waals surface area contributed by atoms with E-state index in [2.05, 4.69) is 34.6 Å². The Hall–Kier alpha value is -0.770. The number of hydrogen-bond acceptors (Lipinski definition) is 12. The highest BCUT2D eigenvalue weighted by Crippen LogP contribution is 2.89. The predicted octanol–water partition coefficient (Wildman–Crippen LogP) is 2.47. The molecule has 0 aromatic heterocycles. The number of ether oxygens (including phenoxy) is 3. The Kier molecular flexibility index (Phi) is 10.3. The molecule has 12 nitrogen and oxygen atoms in total. The number of aliphatic hydroxyl groups excluding tert-OH is 7. The largest absolute Gasteiger partial charge is 0.396 e. The third-order valence-corrected chi connectivity index (χ3v) is 17.9. The lowest BCUT2D eigenvalue weighted by atomic mass is 9.41. The fourth-order valence-electron chi connectivity index (χ4n) is 15.1. The van der Waals surface area contributed by atoms with Crippen LogP contribution in [0.4, 0.5) is 0 Å². The molecule has 8 N–H and O–H groups in total. The molecular formula is C42H70O12. The van der Waals surface area contributed by atoms with Crippen molar-refractivity contribution in [1.29, 1.82) is 0 Å². The van der Waals surface area contributed by atoms with E-state index < -0.39 is 90.7 Å². The molecule has 17 atom stereocenters. The molecule has 5 aliphatic carbocycles. The topological polar surface area (TPSA) is 207 Å². The van der Waals surface area contributed by atoms with E-state index in [-0.39, 0.29) is 58.4 Å². The SMILES string of the molecule is CC(C)(O)C1CCC(C)(C2C(O)CC3(C)C4CC(O)C5C(C)(C)C(OC6OC(CO)C(O)C(O)C6CC(CO)(CO)CC=O)CCC56CC46CCC23C)O1. The van der Waals surface area contributed by atoms with Gasteiger partial charge < -0.3 is 59.9 Å². The van der Waals surface area contributed by atoms with E-state index in [1.165, 1.54) is 0 Å². The monoisotopic (exact) mass is 766 g/mol. The zero-order chi connectivity index (χ0) is 39.7. The van der Waals surface area contributed by atoms with Crippen LogP contribution in [0, 0.1) is 56.2 Å². The van der Waals surface area contributed by atoms with Crippen LogP contribution < -0.4 is 0 Å². The van der Waals surface area contributed by atoms with Crippen molar-refractivity contribution < 1.29 is 59.9 Å².